The first-order valence-electron chi connectivity index (χ1n) is 12.8. The van der Waals surface area contributed by atoms with Crippen LogP contribution in [0.2, 0.25) is 0 Å². The number of rotatable bonds is 12. The molecule has 0 bridgehead atoms. The van der Waals surface area contributed by atoms with E-state index in [1.165, 1.54) is 4.90 Å². The first kappa shape index (κ1) is 27.3. The monoisotopic (exact) mass is 490 g/mol. The fourth-order valence-electron chi connectivity index (χ4n) is 4.65. The summed E-state index contributed by atoms with van der Waals surface area (Å²) in [4.78, 5) is 37.8. The Bertz CT molecular complexity index is 872. The molecule has 0 spiro atoms. The largest absolute Gasteiger partial charge is 0.374 e. The van der Waals surface area contributed by atoms with Crippen molar-refractivity contribution in [1.29, 1.82) is 0 Å². The van der Waals surface area contributed by atoms with Crippen molar-refractivity contribution in [2.75, 3.05) is 20.2 Å². The van der Waals surface area contributed by atoms with Crippen LogP contribution in [0.1, 0.15) is 78.3 Å². The van der Waals surface area contributed by atoms with E-state index in [-0.39, 0.29) is 34.8 Å². The Hall–Kier alpha value is -2.33. The molecule has 35 heavy (non-hydrogen) atoms. The molecule has 2 N–H and O–H groups in total. The Balaban J connectivity index is 1.37. The number of hydrogen-bond donors (Lipinski definition) is 2. The summed E-state index contributed by atoms with van der Waals surface area (Å²) in [7, 11) is 1.95. The maximum atomic E-state index is 12.7. The molecule has 196 valence electrons. The van der Waals surface area contributed by atoms with Gasteiger partial charge in [0.05, 0.1) is 24.9 Å². The van der Waals surface area contributed by atoms with Crippen LogP contribution in [0.4, 0.5) is 0 Å². The molecule has 10 heteroatoms. The summed E-state index contributed by atoms with van der Waals surface area (Å²) in [6, 6.07) is 0. The van der Waals surface area contributed by atoms with E-state index < -0.39 is 0 Å². The van der Waals surface area contributed by atoms with Gasteiger partial charge in [0.1, 0.15) is 5.69 Å². The van der Waals surface area contributed by atoms with Crippen LogP contribution in [0.15, 0.2) is 6.20 Å². The average Bonchev–Trinajstić information content (AvgIpc) is 3.38. The van der Waals surface area contributed by atoms with Gasteiger partial charge in [-0.3, -0.25) is 19.3 Å². The number of carbonyl (C=O) groups excluding carboxylic acids is 3. The van der Waals surface area contributed by atoms with Crippen LogP contribution in [0.25, 0.3) is 0 Å². The fraction of sp³-hybridized carbons (Fsp3) is 0.800. The zero-order valence-electron chi connectivity index (χ0n) is 21.9. The van der Waals surface area contributed by atoms with Crippen molar-refractivity contribution >= 4 is 17.7 Å². The molecule has 1 saturated heterocycles. The fourth-order valence-corrected chi connectivity index (χ4v) is 4.65. The minimum atomic E-state index is -0.388. The van der Waals surface area contributed by atoms with E-state index in [9.17, 15) is 14.4 Å². The molecule has 10 nitrogen and oxygen atoms in total. The van der Waals surface area contributed by atoms with Crippen molar-refractivity contribution in [3.05, 3.63) is 11.9 Å². The van der Waals surface area contributed by atoms with Gasteiger partial charge in [0.15, 0.2) is 0 Å². The van der Waals surface area contributed by atoms with E-state index in [1.807, 2.05) is 27.1 Å². The third-order valence-corrected chi connectivity index (χ3v) is 7.28. The molecule has 0 unspecified atom stereocenters. The third-order valence-electron chi connectivity index (χ3n) is 7.28. The van der Waals surface area contributed by atoms with Crippen molar-refractivity contribution < 1.29 is 19.1 Å². The molecule has 1 aromatic rings. The molecule has 1 aromatic heterocycles. The summed E-state index contributed by atoms with van der Waals surface area (Å²) >= 11 is 0. The molecule has 1 saturated carbocycles. The summed E-state index contributed by atoms with van der Waals surface area (Å²) in [5.74, 6) is 0.161. The predicted molar refractivity (Wildman–Crippen MR) is 131 cm³/mol. The number of hydrogen-bond acceptors (Lipinski definition) is 7. The molecule has 2 fully saturated rings. The number of carbonyl (C=O) groups is 3. The van der Waals surface area contributed by atoms with Gasteiger partial charge in [-0.25, -0.2) is 4.68 Å². The van der Waals surface area contributed by atoms with E-state index in [0.717, 1.165) is 32.1 Å². The van der Waals surface area contributed by atoms with Crippen LogP contribution >= 0.6 is 0 Å². The van der Waals surface area contributed by atoms with E-state index in [2.05, 4.69) is 34.8 Å². The Morgan fingerprint density at radius 1 is 1.11 bits per heavy atom. The first-order valence-corrected chi connectivity index (χ1v) is 12.8. The van der Waals surface area contributed by atoms with Crippen LogP contribution < -0.4 is 10.6 Å². The van der Waals surface area contributed by atoms with E-state index in [1.54, 1.807) is 4.68 Å². The number of nitrogens with one attached hydrogen (secondary N) is 2. The second kappa shape index (κ2) is 11.6. The van der Waals surface area contributed by atoms with Crippen LogP contribution in [0, 0.1) is 11.8 Å². The van der Waals surface area contributed by atoms with E-state index >= 15 is 0 Å². The molecule has 0 aromatic carbocycles. The zero-order valence-corrected chi connectivity index (χ0v) is 21.9. The van der Waals surface area contributed by atoms with Gasteiger partial charge in [-0.1, -0.05) is 5.21 Å². The molecule has 1 aliphatic heterocycles. The highest BCUT2D eigenvalue weighted by Gasteiger charge is 2.33. The highest BCUT2D eigenvalue weighted by molar-refractivity contribution is 6.01. The Morgan fingerprint density at radius 3 is 2.40 bits per heavy atom. The third kappa shape index (κ3) is 8.10. The second-order valence-electron chi connectivity index (χ2n) is 11.2. The normalized spacial score (nSPS) is 21.6. The summed E-state index contributed by atoms with van der Waals surface area (Å²) in [6.07, 6.45) is 6.67. The topological polar surface area (TPSA) is 118 Å². The molecule has 0 atom stereocenters. The Labute approximate surface area is 208 Å². The van der Waals surface area contributed by atoms with Gasteiger partial charge in [-0.2, -0.15) is 0 Å². The lowest BCUT2D eigenvalue weighted by Gasteiger charge is -2.30. The van der Waals surface area contributed by atoms with E-state index in [4.69, 9.17) is 4.74 Å². The summed E-state index contributed by atoms with van der Waals surface area (Å²) in [5.41, 5.74) is 0.353. The maximum Gasteiger partial charge on any atom is 0.229 e. The lowest BCUT2D eigenvalue weighted by molar-refractivity contribution is -0.139. The summed E-state index contributed by atoms with van der Waals surface area (Å²) < 4.78 is 7.84. The Kier molecular flexibility index (Phi) is 9.04. The van der Waals surface area contributed by atoms with Gasteiger partial charge >= 0.3 is 0 Å². The quantitative estimate of drug-likeness (QED) is 0.430. The number of nitrogens with zero attached hydrogens (tertiary/aromatic N) is 4. The number of likely N-dealkylation sites (tertiary alicyclic amines) is 1. The van der Waals surface area contributed by atoms with Crippen molar-refractivity contribution in [2.45, 2.75) is 96.9 Å². The standard InChI is InChI=1S/C25H42N6O4/c1-24(2,26-5)12-13-35-25(3,4)17-30-16-20(28-29-30)14-27-23(34)19-8-6-18(7-9-19)15-31-21(32)10-11-22(31)33/h16,18-19,26H,6-15,17H2,1-5H3,(H,27,34). The SMILES string of the molecule is CNC(C)(C)CCOC(C)(C)Cn1cc(CNC(=O)C2CCC(CN3C(=O)CCC3=O)CC2)nn1. The smallest absolute Gasteiger partial charge is 0.229 e. The maximum absolute atomic E-state index is 12.7. The molecule has 1 aliphatic carbocycles. The molecule has 2 aliphatic rings. The van der Waals surface area contributed by atoms with Gasteiger partial charge in [-0.05, 0) is 72.8 Å². The van der Waals surface area contributed by atoms with Crippen molar-refractivity contribution in [2.24, 2.45) is 11.8 Å². The zero-order chi connectivity index (χ0) is 25.6. The molecule has 0 radical (unpaired) electrons. The van der Waals surface area contributed by atoms with Crippen molar-refractivity contribution in [3.8, 4) is 0 Å². The van der Waals surface area contributed by atoms with Crippen molar-refractivity contribution in [3.63, 3.8) is 0 Å². The first-order chi connectivity index (χ1) is 16.5. The van der Waals surface area contributed by atoms with Crippen LogP contribution in [0.5, 0.6) is 0 Å². The average molecular weight is 491 g/mol. The minimum Gasteiger partial charge on any atom is -0.374 e. The predicted octanol–water partition coefficient (Wildman–Crippen LogP) is 2.03. The molecule has 3 amide bonds. The van der Waals surface area contributed by atoms with Gasteiger partial charge in [0, 0.05) is 37.5 Å². The molecule has 2 heterocycles. The minimum absolute atomic E-state index is 0.0277. The second-order valence-corrected chi connectivity index (χ2v) is 11.2. The summed E-state index contributed by atoms with van der Waals surface area (Å²) in [6.45, 7) is 10.4. The summed E-state index contributed by atoms with van der Waals surface area (Å²) in [5, 5.41) is 14.7. The molecular formula is C25H42N6O4. The highest BCUT2D eigenvalue weighted by atomic mass is 16.5. The van der Waals surface area contributed by atoms with Crippen LogP contribution in [-0.2, 0) is 32.2 Å². The van der Waals surface area contributed by atoms with Gasteiger partial charge in [0.2, 0.25) is 17.7 Å². The number of aromatic nitrogens is 3. The number of imide groups is 1. The van der Waals surface area contributed by atoms with Gasteiger partial charge in [0.25, 0.3) is 0 Å². The van der Waals surface area contributed by atoms with Crippen molar-refractivity contribution in [1.82, 2.24) is 30.5 Å². The Morgan fingerprint density at radius 2 is 1.77 bits per heavy atom. The van der Waals surface area contributed by atoms with Gasteiger partial charge < -0.3 is 15.4 Å². The lowest BCUT2D eigenvalue weighted by atomic mass is 9.81. The lowest BCUT2D eigenvalue weighted by Crippen LogP contribution is -2.39. The van der Waals surface area contributed by atoms with Crippen LogP contribution in [-0.4, -0.2) is 69.0 Å². The van der Waals surface area contributed by atoms with E-state index in [0.29, 0.717) is 50.7 Å². The molecule has 3 rings (SSSR count). The molecular weight excluding hydrogens is 448 g/mol. The highest BCUT2D eigenvalue weighted by Crippen LogP contribution is 2.30. The number of amides is 3. The van der Waals surface area contributed by atoms with Crippen LogP contribution in [0.3, 0.4) is 0 Å². The van der Waals surface area contributed by atoms with Gasteiger partial charge in [-0.15, -0.1) is 5.10 Å². The number of ether oxygens (including phenoxy) is 1.